The predicted molar refractivity (Wildman–Crippen MR) is 97.2 cm³/mol. The highest BCUT2D eigenvalue weighted by atomic mass is 28.4. The Labute approximate surface area is 144 Å². The minimum Gasteiger partial charge on any atom is -0.376 e. The maximum atomic E-state index is 9.36. The van der Waals surface area contributed by atoms with Crippen molar-refractivity contribution in [2.24, 2.45) is 0 Å². The molecule has 0 aliphatic rings. The lowest BCUT2D eigenvalue weighted by molar-refractivity contribution is 0.116. The number of nitrogens with zero attached hydrogens (tertiary/aromatic N) is 1. The highest BCUT2D eigenvalue weighted by molar-refractivity contribution is 6.63. The fourth-order valence-electron chi connectivity index (χ4n) is 3.01. The number of hydrogen-bond donors (Lipinski definition) is 0. The zero-order valence-electron chi connectivity index (χ0n) is 15.7. The maximum Gasteiger partial charge on any atom is 0.518 e. The van der Waals surface area contributed by atoms with E-state index in [4.69, 9.17) is 13.3 Å². The van der Waals surface area contributed by atoms with E-state index in [2.05, 4.69) is 13.0 Å². The fourth-order valence-corrected chi connectivity index (χ4v) is 5.08. The van der Waals surface area contributed by atoms with Gasteiger partial charge in [-0.3, -0.25) is 0 Å². The van der Waals surface area contributed by atoms with Gasteiger partial charge in [0.15, 0.2) is 0 Å². The van der Waals surface area contributed by atoms with Crippen LogP contribution in [0.5, 0.6) is 0 Å². The van der Waals surface area contributed by atoms with E-state index in [1.807, 2.05) is 0 Å². The first-order chi connectivity index (χ1) is 11.2. The van der Waals surface area contributed by atoms with Gasteiger partial charge >= 0.3 is 8.80 Å². The molecule has 0 aromatic heterocycles. The third-order valence-electron chi connectivity index (χ3n) is 4.53. The topological polar surface area (TPSA) is 51.5 Å². The number of hydrogen-bond acceptors (Lipinski definition) is 4. The molecule has 0 N–H and O–H groups in total. The largest absolute Gasteiger partial charge is 0.518 e. The molecule has 0 aliphatic carbocycles. The second-order valence-electron chi connectivity index (χ2n) is 6.22. The van der Waals surface area contributed by atoms with Gasteiger partial charge in [-0.1, -0.05) is 77.6 Å². The van der Waals surface area contributed by atoms with E-state index in [0.717, 1.165) is 12.8 Å². The van der Waals surface area contributed by atoms with Crippen LogP contribution in [0.3, 0.4) is 0 Å². The molecule has 0 saturated carbocycles. The minimum absolute atomic E-state index is 0.263. The van der Waals surface area contributed by atoms with Crippen LogP contribution in [-0.4, -0.2) is 30.1 Å². The number of nitriles is 1. The van der Waals surface area contributed by atoms with Crippen LogP contribution in [0.15, 0.2) is 0 Å². The molecule has 0 heterocycles. The normalized spacial score (nSPS) is 13.0. The Morgan fingerprint density at radius 3 is 1.48 bits per heavy atom. The van der Waals surface area contributed by atoms with Gasteiger partial charge in [-0.05, 0) is 6.42 Å². The molecule has 0 saturated heterocycles. The summed E-state index contributed by atoms with van der Waals surface area (Å²) in [5.74, 6) is 0. The Balaban J connectivity index is 3.68. The lowest BCUT2D eigenvalue weighted by atomic mass is 10.0. The van der Waals surface area contributed by atoms with Crippen molar-refractivity contribution in [3.63, 3.8) is 0 Å². The van der Waals surface area contributed by atoms with E-state index >= 15 is 0 Å². The quantitative estimate of drug-likeness (QED) is 0.276. The van der Waals surface area contributed by atoms with Crippen LogP contribution >= 0.6 is 0 Å². The zero-order chi connectivity index (χ0) is 17.4. The summed E-state index contributed by atoms with van der Waals surface area (Å²) in [4.78, 5) is 0. The van der Waals surface area contributed by atoms with Crippen LogP contribution in [0.2, 0.25) is 5.54 Å². The van der Waals surface area contributed by atoms with Crippen LogP contribution in [0.25, 0.3) is 0 Å². The van der Waals surface area contributed by atoms with Gasteiger partial charge in [-0.15, -0.1) is 0 Å². The van der Waals surface area contributed by atoms with Gasteiger partial charge in [0, 0.05) is 21.3 Å². The molecule has 0 amide bonds. The summed E-state index contributed by atoms with van der Waals surface area (Å²) < 4.78 is 16.2. The molecule has 1 unspecified atom stereocenters. The van der Waals surface area contributed by atoms with Crippen LogP contribution < -0.4 is 0 Å². The third kappa shape index (κ3) is 9.46. The molecular weight excluding hydrogens is 306 g/mol. The van der Waals surface area contributed by atoms with Crippen molar-refractivity contribution in [3.05, 3.63) is 0 Å². The van der Waals surface area contributed by atoms with Gasteiger partial charge < -0.3 is 13.3 Å². The summed E-state index contributed by atoms with van der Waals surface area (Å²) >= 11 is 0. The van der Waals surface area contributed by atoms with Crippen molar-refractivity contribution in [3.8, 4) is 6.07 Å². The van der Waals surface area contributed by atoms with E-state index < -0.39 is 8.80 Å². The molecule has 5 heteroatoms. The standard InChI is InChI=1S/C18H37NO3Si/c1-5-6-7-8-9-10-11-12-13-14-15-16-18(17-19)23(20-2,21-3)22-4/h18H,5-16H2,1-4H3. The van der Waals surface area contributed by atoms with Crippen molar-refractivity contribution in [1.82, 2.24) is 0 Å². The highest BCUT2D eigenvalue weighted by Gasteiger charge is 2.47. The van der Waals surface area contributed by atoms with Crippen molar-refractivity contribution >= 4 is 8.80 Å². The Morgan fingerprint density at radius 1 is 0.739 bits per heavy atom. The van der Waals surface area contributed by atoms with Crippen LogP contribution in [0, 0.1) is 11.3 Å². The zero-order valence-corrected chi connectivity index (χ0v) is 16.7. The summed E-state index contributed by atoms with van der Waals surface area (Å²) in [6.45, 7) is 2.26. The summed E-state index contributed by atoms with van der Waals surface area (Å²) in [7, 11) is 1.92. The van der Waals surface area contributed by atoms with Crippen LogP contribution in [0.4, 0.5) is 0 Å². The maximum absolute atomic E-state index is 9.36. The van der Waals surface area contributed by atoms with E-state index in [1.165, 1.54) is 64.2 Å². The van der Waals surface area contributed by atoms with Crippen molar-refractivity contribution in [2.45, 2.75) is 89.5 Å². The summed E-state index contributed by atoms with van der Waals surface area (Å²) in [5.41, 5.74) is -0.263. The molecule has 0 aromatic rings. The molecule has 0 fully saturated rings. The molecule has 0 aliphatic heterocycles. The second kappa shape index (κ2) is 15.1. The summed E-state index contributed by atoms with van der Waals surface area (Å²) in [5, 5.41) is 9.36. The molecule has 1 atom stereocenters. The van der Waals surface area contributed by atoms with Gasteiger partial charge in [0.05, 0.1) is 6.07 Å². The monoisotopic (exact) mass is 343 g/mol. The van der Waals surface area contributed by atoms with Crippen LogP contribution in [-0.2, 0) is 13.3 Å². The Hall–Kier alpha value is -0.413. The first-order valence-electron chi connectivity index (χ1n) is 9.25. The molecule has 0 radical (unpaired) electrons. The molecule has 0 aromatic carbocycles. The SMILES string of the molecule is CCCCCCCCCCCCCC(C#N)[Si](OC)(OC)OC. The van der Waals surface area contributed by atoms with Crippen LogP contribution in [0.1, 0.15) is 84.0 Å². The average Bonchev–Trinajstić information content (AvgIpc) is 2.59. The fraction of sp³-hybridized carbons (Fsp3) is 0.944. The molecular formula is C18H37NO3Si. The molecule has 4 nitrogen and oxygen atoms in total. The van der Waals surface area contributed by atoms with Crippen molar-refractivity contribution in [2.75, 3.05) is 21.3 Å². The van der Waals surface area contributed by atoms with E-state index in [1.54, 1.807) is 21.3 Å². The summed E-state index contributed by atoms with van der Waals surface area (Å²) in [6.07, 6.45) is 15.2. The Morgan fingerprint density at radius 2 is 1.13 bits per heavy atom. The predicted octanol–water partition coefficient (Wildman–Crippen LogP) is 5.46. The van der Waals surface area contributed by atoms with Gasteiger partial charge in [0.25, 0.3) is 0 Å². The highest BCUT2D eigenvalue weighted by Crippen LogP contribution is 2.29. The van der Waals surface area contributed by atoms with Gasteiger partial charge in [-0.25, -0.2) is 0 Å². The Kier molecular flexibility index (Phi) is 14.9. The number of rotatable bonds is 16. The van der Waals surface area contributed by atoms with Crippen molar-refractivity contribution in [1.29, 1.82) is 5.26 Å². The Bertz CT molecular complexity index is 295. The lowest BCUT2D eigenvalue weighted by Crippen LogP contribution is -2.47. The number of unbranched alkanes of at least 4 members (excludes halogenated alkanes) is 10. The second-order valence-corrected chi connectivity index (χ2v) is 9.35. The molecule has 0 spiro atoms. The molecule has 0 bridgehead atoms. The van der Waals surface area contributed by atoms with Gasteiger partial charge in [-0.2, -0.15) is 5.26 Å². The van der Waals surface area contributed by atoms with Gasteiger partial charge in [0.1, 0.15) is 5.54 Å². The van der Waals surface area contributed by atoms with E-state index in [9.17, 15) is 5.26 Å². The third-order valence-corrected chi connectivity index (χ3v) is 7.51. The lowest BCUT2D eigenvalue weighted by Gasteiger charge is -2.28. The summed E-state index contributed by atoms with van der Waals surface area (Å²) in [6, 6.07) is 2.32. The molecule has 0 rings (SSSR count). The minimum atomic E-state index is -2.81. The van der Waals surface area contributed by atoms with E-state index in [0.29, 0.717) is 0 Å². The smallest absolute Gasteiger partial charge is 0.376 e. The first-order valence-corrected chi connectivity index (χ1v) is 11.1. The average molecular weight is 344 g/mol. The first kappa shape index (κ1) is 22.6. The molecule has 23 heavy (non-hydrogen) atoms. The molecule has 136 valence electrons. The van der Waals surface area contributed by atoms with Crippen molar-refractivity contribution < 1.29 is 13.3 Å². The van der Waals surface area contributed by atoms with E-state index in [-0.39, 0.29) is 5.54 Å². The van der Waals surface area contributed by atoms with Gasteiger partial charge in [0.2, 0.25) is 0 Å².